The van der Waals surface area contributed by atoms with Crippen molar-refractivity contribution >= 4 is 23.1 Å². The van der Waals surface area contributed by atoms with Crippen molar-refractivity contribution in [3.63, 3.8) is 0 Å². The van der Waals surface area contributed by atoms with Gasteiger partial charge in [0.25, 0.3) is 0 Å². The molecule has 0 bridgehead atoms. The van der Waals surface area contributed by atoms with E-state index >= 15 is 0 Å². The van der Waals surface area contributed by atoms with Crippen molar-refractivity contribution in [3.8, 4) is 0 Å². The molecular formula is C13H19N3O2S. The highest BCUT2D eigenvalue weighted by Crippen LogP contribution is 2.05. The van der Waals surface area contributed by atoms with E-state index in [9.17, 15) is 4.79 Å². The molecule has 19 heavy (non-hydrogen) atoms. The van der Waals surface area contributed by atoms with Crippen LogP contribution < -0.4 is 5.73 Å². The summed E-state index contributed by atoms with van der Waals surface area (Å²) in [5.41, 5.74) is 6.45. The molecule has 1 aromatic rings. The van der Waals surface area contributed by atoms with Crippen molar-refractivity contribution in [1.29, 1.82) is 0 Å². The lowest BCUT2D eigenvalue weighted by Gasteiger charge is -2.22. The lowest BCUT2D eigenvalue weighted by Crippen LogP contribution is -2.35. The topological polar surface area (TPSA) is 68.5 Å². The Morgan fingerprint density at radius 3 is 2.95 bits per heavy atom. The molecule has 0 aliphatic heterocycles. The van der Waals surface area contributed by atoms with Crippen LogP contribution in [0.15, 0.2) is 24.5 Å². The number of thiocarbonyl (C=S) groups is 1. The second kappa shape index (κ2) is 8.55. The number of amides is 1. The van der Waals surface area contributed by atoms with Gasteiger partial charge in [-0.1, -0.05) is 18.3 Å². The Morgan fingerprint density at radius 2 is 2.37 bits per heavy atom. The number of nitrogens with zero attached hydrogens (tertiary/aromatic N) is 2. The van der Waals surface area contributed by atoms with Crippen LogP contribution in [-0.2, 0) is 16.1 Å². The van der Waals surface area contributed by atoms with Crippen molar-refractivity contribution < 1.29 is 9.53 Å². The molecule has 104 valence electrons. The highest BCUT2D eigenvalue weighted by molar-refractivity contribution is 7.80. The highest BCUT2D eigenvalue weighted by atomic mass is 32.1. The summed E-state index contributed by atoms with van der Waals surface area (Å²) >= 11 is 4.85. The first kappa shape index (κ1) is 15.5. The maximum atomic E-state index is 12.0. The van der Waals surface area contributed by atoms with E-state index in [2.05, 4.69) is 4.98 Å². The second-order valence-electron chi connectivity index (χ2n) is 4.03. The number of nitrogens with two attached hydrogens (primary N) is 1. The normalized spacial score (nSPS) is 10.2. The average molecular weight is 281 g/mol. The summed E-state index contributed by atoms with van der Waals surface area (Å²) in [5, 5.41) is 0. The Kier molecular flexibility index (Phi) is 6.99. The van der Waals surface area contributed by atoms with Crippen LogP contribution >= 0.6 is 12.2 Å². The number of ether oxygens (including phenoxy) is 1. The van der Waals surface area contributed by atoms with E-state index in [0.29, 0.717) is 31.1 Å². The molecule has 1 amide bonds. The standard InChI is InChI=1S/C13H19N3O2S/c1-2-18-10-13(17)16(7-5-12(14)19)9-11-4-3-6-15-8-11/h3-4,6,8H,2,5,7,9-10H2,1H3,(H2,14,19). The quantitative estimate of drug-likeness (QED) is 0.723. The fourth-order valence-electron chi connectivity index (χ4n) is 1.53. The van der Waals surface area contributed by atoms with E-state index in [1.165, 1.54) is 0 Å². The SMILES string of the molecule is CCOCC(=O)N(CCC(N)=S)Cc1cccnc1. The van der Waals surface area contributed by atoms with Crippen molar-refractivity contribution in [2.45, 2.75) is 19.9 Å². The Morgan fingerprint density at radius 1 is 1.58 bits per heavy atom. The second-order valence-corrected chi connectivity index (χ2v) is 4.55. The molecule has 0 saturated carbocycles. The Labute approximate surface area is 118 Å². The largest absolute Gasteiger partial charge is 0.393 e. The highest BCUT2D eigenvalue weighted by Gasteiger charge is 2.14. The van der Waals surface area contributed by atoms with Crippen molar-refractivity contribution in [3.05, 3.63) is 30.1 Å². The van der Waals surface area contributed by atoms with Crippen molar-refractivity contribution in [1.82, 2.24) is 9.88 Å². The van der Waals surface area contributed by atoms with Gasteiger partial charge in [0.15, 0.2) is 0 Å². The molecule has 1 rings (SSSR count). The van der Waals surface area contributed by atoms with Gasteiger partial charge < -0.3 is 15.4 Å². The zero-order chi connectivity index (χ0) is 14.1. The fraction of sp³-hybridized carbons (Fsp3) is 0.462. The molecular weight excluding hydrogens is 262 g/mol. The van der Waals surface area contributed by atoms with Gasteiger partial charge >= 0.3 is 0 Å². The molecule has 1 aromatic heterocycles. The molecule has 0 aliphatic carbocycles. The number of rotatable bonds is 8. The molecule has 0 saturated heterocycles. The number of carbonyl (C=O) groups is 1. The molecule has 2 N–H and O–H groups in total. The number of aromatic nitrogens is 1. The third-order valence-corrected chi connectivity index (χ3v) is 2.71. The van der Waals surface area contributed by atoms with E-state index in [-0.39, 0.29) is 12.5 Å². The number of hydrogen-bond donors (Lipinski definition) is 1. The minimum atomic E-state index is -0.0676. The van der Waals surface area contributed by atoms with Gasteiger partial charge in [0, 0.05) is 38.5 Å². The molecule has 6 heteroatoms. The third-order valence-electron chi connectivity index (χ3n) is 2.51. The monoisotopic (exact) mass is 281 g/mol. The summed E-state index contributed by atoms with van der Waals surface area (Å²) in [7, 11) is 0. The van der Waals surface area contributed by atoms with E-state index in [0.717, 1.165) is 5.56 Å². The molecule has 0 aromatic carbocycles. The van der Waals surface area contributed by atoms with Gasteiger partial charge in [0.1, 0.15) is 6.61 Å². The van der Waals surface area contributed by atoms with E-state index in [1.54, 1.807) is 17.3 Å². The lowest BCUT2D eigenvalue weighted by atomic mass is 10.2. The number of pyridine rings is 1. The summed E-state index contributed by atoms with van der Waals surface area (Å²) in [4.78, 5) is 18.1. The Balaban J connectivity index is 2.62. The zero-order valence-corrected chi connectivity index (χ0v) is 11.9. The maximum absolute atomic E-state index is 12.0. The van der Waals surface area contributed by atoms with Gasteiger partial charge in [0.05, 0.1) is 4.99 Å². The first-order valence-electron chi connectivity index (χ1n) is 6.16. The van der Waals surface area contributed by atoms with Crippen LogP contribution in [0.1, 0.15) is 18.9 Å². The van der Waals surface area contributed by atoms with E-state index in [4.69, 9.17) is 22.7 Å². The minimum absolute atomic E-state index is 0.0676. The van der Waals surface area contributed by atoms with Crippen LogP contribution in [-0.4, -0.2) is 40.5 Å². The van der Waals surface area contributed by atoms with Gasteiger partial charge in [-0.15, -0.1) is 0 Å². The Bertz CT molecular complexity index is 412. The van der Waals surface area contributed by atoms with Gasteiger partial charge in [0.2, 0.25) is 5.91 Å². The van der Waals surface area contributed by atoms with Crippen molar-refractivity contribution in [2.75, 3.05) is 19.8 Å². The van der Waals surface area contributed by atoms with Gasteiger partial charge in [-0.05, 0) is 18.6 Å². The maximum Gasteiger partial charge on any atom is 0.248 e. The summed E-state index contributed by atoms with van der Waals surface area (Å²) in [6, 6.07) is 3.77. The van der Waals surface area contributed by atoms with Crippen LogP contribution in [0.5, 0.6) is 0 Å². The molecule has 0 spiro atoms. The van der Waals surface area contributed by atoms with Crippen LogP contribution in [0.3, 0.4) is 0 Å². The predicted octanol–water partition coefficient (Wildman–Crippen LogP) is 1.12. The summed E-state index contributed by atoms with van der Waals surface area (Å²) < 4.78 is 5.15. The van der Waals surface area contributed by atoms with Gasteiger partial charge in [-0.2, -0.15) is 0 Å². The summed E-state index contributed by atoms with van der Waals surface area (Å²) in [6.45, 7) is 3.43. The summed E-state index contributed by atoms with van der Waals surface area (Å²) in [6.07, 6.45) is 3.94. The summed E-state index contributed by atoms with van der Waals surface area (Å²) in [5.74, 6) is -0.0676. The van der Waals surface area contributed by atoms with Crippen LogP contribution in [0.2, 0.25) is 0 Å². The van der Waals surface area contributed by atoms with Gasteiger partial charge in [-0.25, -0.2) is 0 Å². The average Bonchev–Trinajstić information content (AvgIpc) is 2.41. The molecule has 1 heterocycles. The smallest absolute Gasteiger partial charge is 0.248 e. The zero-order valence-electron chi connectivity index (χ0n) is 11.0. The van der Waals surface area contributed by atoms with Crippen LogP contribution in [0.4, 0.5) is 0 Å². The van der Waals surface area contributed by atoms with Crippen LogP contribution in [0.25, 0.3) is 0 Å². The third kappa shape index (κ3) is 6.26. The molecule has 0 aliphatic rings. The lowest BCUT2D eigenvalue weighted by molar-refractivity contribution is -0.136. The molecule has 0 unspecified atom stereocenters. The van der Waals surface area contributed by atoms with E-state index < -0.39 is 0 Å². The van der Waals surface area contributed by atoms with Crippen LogP contribution in [0, 0.1) is 0 Å². The molecule has 0 atom stereocenters. The first-order valence-corrected chi connectivity index (χ1v) is 6.57. The predicted molar refractivity (Wildman–Crippen MR) is 77.5 cm³/mol. The molecule has 0 radical (unpaired) electrons. The number of carbonyl (C=O) groups excluding carboxylic acids is 1. The Hall–Kier alpha value is -1.53. The van der Waals surface area contributed by atoms with Gasteiger partial charge in [-0.3, -0.25) is 9.78 Å². The van der Waals surface area contributed by atoms with E-state index in [1.807, 2.05) is 19.1 Å². The number of hydrogen-bond acceptors (Lipinski definition) is 4. The first-order chi connectivity index (χ1) is 9.13. The molecule has 5 nitrogen and oxygen atoms in total. The molecule has 0 fully saturated rings. The van der Waals surface area contributed by atoms with Crippen molar-refractivity contribution in [2.24, 2.45) is 5.73 Å². The minimum Gasteiger partial charge on any atom is -0.393 e. The fourth-order valence-corrected chi connectivity index (χ4v) is 1.62.